The third-order valence-electron chi connectivity index (χ3n) is 6.54. The number of allylic oxidation sites excluding steroid dienone is 1. The van der Waals surface area contributed by atoms with Crippen molar-refractivity contribution < 1.29 is 13.2 Å². The second-order valence-corrected chi connectivity index (χ2v) is 10.1. The number of nitrogens with zero attached hydrogens (tertiary/aromatic N) is 4. The van der Waals surface area contributed by atoms with E-state index in [0.29, 0.717) is 31.3 Å². The maximum Gasteiger partial charge on any atom is 0.303 e. The molecule has 2 aliphatic rings. The summed E-state index contributed by atoms with van der Waals surface area (Å²) >= 11 is 0. The van der Waals surface area contributed by atoms with Gasteiger partial charge in [-0.3, -0.25) is 4.40 Å². The molecule has 1 aliphatic carbocycles. The van der Waals surface area contributed by atoms with Gasteiger partial charge in [0.05, 0.1) is 6.61 Å². The van der Waals surface area contributed by atoms with E-state index in [2.05, 4.69) is 35.3 Å². The Morgan fingerprint density at radius 1 is 1.30 bits per heavy atom. The lowest BCUT2D eigenvalue weighted by Crippen LogP contribution is -2.45. The lowest BCUT2D eigenvalue weighted by molar-refractivity contribution is 0.134. The molecule has 1 aliphatic heterocycles. The molecule has 0 radical (unpaired) electrons. The molecule has 0 spiro atoms. The zero-order valence-corrected chi connectivity index (χ0v) is 18.6. The van der Waals surface area contributed by atoms with Crippen molar-refractivity contribution in [3.05, 3.63) is 30.5 Å². The summed E-state index contributed by atoms with van der Waals surface area (Å²) in [4.78, 5) is 0. The van der Waals surface area contributed by atoms with Gasteiger partial charge in [0.1, 0.15) is 5.75 Å². The molecule has 9 heteroatoms. The molecule has 1 saturated carbocycles. The van der Waals surface area contributed by atoms with E-state index < -0.39 is 10.2 Å². The van der Waals surface area contributed by atoms with Gasteiger partial charge in [0, 0.05) is 36.3 Å². The number of nitrogens with one attached hydrogen (secondary N) is 1. The minimum absolute atomic E-state index is 0.0698. The van der Waals surface area contributed by atoms with Crippen LogP contribution in [0.5, 0.6) is 5.75 Å². The van der Waals surface area contributed by atoms with E-state index >= 15 is 0 Å². The molecule has 2 aromatic rings. The quantitative estimate of drug-likeness (QED) is 0.546. The molecule has 0 atom stereocenters. The molecule has 1 saturated heterocycles. The number of rotatable bonds is 11. The van der Waals surface area contributed by atoms with Crippen LogP contribution in [-0.4, -0.2) is 47.0 Å². The maximum absolute atomic E-state index is 12.5. The van der Waals surface area contributed by atoms with Gasteiger partial charge in [0.25, 0.3) is 0 Å². The zero-order valence-electron chi connectivity index (χ0n) is 17.8. The first-order valence-electron chi connectivity index (χ1n) is 10.8. The monoisotopic (exact) mass is 433 g/mol. The predicted molar refractivity (Wildman–Crippen MR) is 117 cm³/mol. The topological polar surface area (TPSA) is 88.8 Å². The van der Waals surface area contributed by atoms with Crippen molar-refractivity contribution in [3.8, 4) is 5.75 Å². The Bertz CT molecular complexity index is 1020. The molecule has 0 aromatic carbocycles. The second-order valence-electron chi connectivity index (χ2n) is 8.47. The van der Waals surface area contributed by atoms with Crippen molar-refractivity contribution in [2.45, 2.75) is 58.3 Å². The van der Waals surface area contributed by atoms with Gasteiger partial charge < -0.3 is 4.74 Å². The van der Waals surface area contributed by atoms with Crippen LogP contribution in [0.4, 0.5) is 5.95 Å². The van der Waals surface area contributed by atoms with Gasteiger partial charge in [0.2, 0.25) is 5.95 Å². The van der Waals surface area contributed by atoms with E-state index in [4.69, 9.17) is 4.74 Å². The standard InChI is InChI=1S/C21H31N5O3S/c1-4-10-21(5-2,6-3)15-29-18-13-19-22-23-20(24-30(27,28)25-11-7-12-25)26(19)14-17(18)16-8-9-16/h4,13-14,16H,1,5-12,15H2,2-3H3,(H,23,24). The van der Waals surface area contributed by atoms with Crippen molar-refractivity contribution in [2.75, 3.05) is 24.4 Å². The number of aromatic nitrogens is 3. The van der Waals surface area contributed by atoms with Gasteiger partial charge >= 0.3 is 10.2 Å². The van der Waals surface area contributed by atoms with Crippen molar-refractivity contribution in [1.82, 2.24) is 18.9 Å². The van der Waals surface area contributed by atoms with Crippen LogP contribution < -0.4 is 9.46 Å². The van der Waals surface area contributed by atoms with Gasteiger partial charge in [-0.15, -0.1) is 16.8 Å². The van der Waals surface area contributed by atoms with Gasteiger partial charge in [-0.1, -0.05) is 19.9 Å². The van der Waals surface area contributed by atoms with E-state index in [9.17, 15) is 8.42 Å². The van der Waals surface area contributed by atoms with Crippen LogP contribution in [0.1, 0.15) is 63.9 Å². The highest BCUT2D eigenvalue weighted by Crippen LogP contribution is 2.45. The zero-order chi connectivity index (χ0) is 21.4. The predicted octanol–water partition coefficient (Wildman–Crippen LogP) is 3.73. The summed E-state index contributed by atoms with van der Waals surface area (Å²) in [6, 6.07) is 1.88. The second kappa shape index (κ2) is 8.19. The van der Waals surface area contributed by atoms with Crippen molar-refractivity contribution >= 4 is 21.8 Å². The summed E-state index contributed by atoms with van der Waals surface area (Å²) in [5.41, 5.74) is 1.73. The van der Waals surface area contributed by atoms with Crippen LogP contribution in [0.15, 0.2) is 24.9 Å². The fraction of sp³-hybridized carbons (Fsp3) is 0.619. The third-order valence-corrected chi connectivity index (χ3v) is 8.02. The van der Waals surface area contributed by atoms with Crippen LogP contribution in [0.25, 0.3) is 5.65 Å². The first kappa shape index (κ1) is 21.1. The number of ether oxygens (including phenoxy) is 1. The van der Waals surface area contributed by atoms with Gasteiger partial charge in [-0.05, 0) is 44.4 Å². The SMILES string of the molecule is C=CCC(CC)(CC)COc1cc2nnc(NS(=O)(=O)N3CCC3)n2cc1C1CC1. The number of pyridine rings is 1. The number of hydrogen-bond donors (Lipinski definition) is 1. The molecule has 2 fully saturated rings. The maximum atomic E-state index is 12.5. The Kier molecular flexibility index (Phi) is 5.76. The highest BCUT2D eigenvalue weighted by molar-refractivity contribution is 7.90. The molecule has 8 nitrogen and oxygen atoms in total. The molecular weight excluding hydrogens is 402 g/mol. The number of fused-ring (bicyclic) bond motifs is 1. The van der Waals surface area contributed by atoms with E-state index in [1.165, 1.54) is 4.31 Å². The van der Waals surface area contributed by atoms with Gasteiger partial charge in [-0.2, -0.15) is 12.7 Å². The van der Waals surface area contributed by atoms with E-state index in [1.807, 2.05) is 18.3 Å². The highest BCUT2D eigenvalue weighted by Gasteiger charge is 2.32. The Morgan fingerprint density at radius 2 is 2.03 bits per heavy atom. The summed E-state index contributed by atoms with van der Waals surface area (Å²) in [6.45, 7) is 9.99. The van der Waals surface area contributed by atoms with Crippen LogP contribution in [0.3, 0.4) is 0 Å². The van der Waals surface area contributed by atoms with Crippen molar-refractivity contribution in [1.29, 1.82) is 0 Å². The molecule has 30 heavy (non-hydrogen) atoms. The summed E-state index contributed by atoms with van der Waals surface area (Å²) in [6.07, 6.45) is 9.95. The van der Waals surface area contributed by atoms with Crippen LogP contribution in [-0.2, 0) is 10.2 Å². The van der Waals surface area contributed by atoms with Crippen molar-refractivity contribution in [3.63, 3.8) is 0 Å². The lowest BCUT2D eigenvalue weighted by atomic mass is 9.80. The molecule has 164 valence electrons. The first-order chi connectivity index (χ1) is 14.4. The van der Waals surface area contributed by atoms with E-state index in [-0.39, 0.29) is 11.4 Å². The van der Waals surface area contributed by atoms with Gasteiger partial charge in [-0.25, -0.2) is 4.72 Å². The summed E-state index contributed by atoms with van der Waals surface area (Å²) in [7, 11) is -3.59. The van der Waals surface area contributed by atoms with Gasteiger partial charge in [0.15, 0.2) is 5.65 Å². The largest absolute Gasteiger partial charge is 0.493 e. The Hall–Kier alpha value is -2.13. The molecule has 1 N–H and O–H groups in total. The molecule has 4 rings (SSSR count). The number of hydrogen-bond acceptors (Lipinski definition) is 5. The van der Waals surface area contributed by atoms with Crippen LogP contribution >= 0.6 is 0 Å². The molecule has 0 unspecified atom stereocenters. The Morgan fingerprint density at radius 3 is 2.60 bits per heavy atom. The van der Waals surface area contributed by atoms with Crippen molar-refractivity contribution in [2.24, 2.45) is 5.41 Å². The number of anilines is 1. The Labute approximate surface area is 178 Å². The molecule has 3 heterocycles. The summed E-state index contributed by atoms with van der Waals surface area (Å²) < 4.78 is 37.0. The van der Waals surface area contributed by atoms with E-state index in [0.717, 1.165) is 49.8 Å². The average molecular weight is 434 g/mol. The molecule has 0 bridgehead atoms. The fourth-order valence-corrected chi connectivity index (χ4v) is 5.11. The average Bonchev–Trinajstić information content (AvgIpc) is 3.45. The summed E-state index contributed by atoms with van der Waals surface area (Å²) in [5, 5.41) is 8.26. The normalized spacial score (nSPS) is 17.7. The smallest absolute Gasteiger partial charge is 0.303 e. The summed E-state index contributed by atoms with van der Waals surface area (Å²) in [5.74, 6) is 1.47. The molecular formula is C21H31N5O3S. The fourth-order valence-electron chi connectivity index (χ4n) is 3.87. The molecule has 2 aromatic heterocycles. The van der Waals surface area contributed by atoms with Crippen LogP contribution in [0.2, 0.25) is 0 Å². The van der Waals surface area contributed by atoms with E-state index in [1.54, 1.807) is 4.40 Å². The minimum Gasteiger partial charge on any atom is -0.493 e. The lowest BCUT2D eigenvalue weighted by Gasteiger charge is -2.31. The third kappa shape index (κ3) is 4.05. The molecule has 0 amide bonds. The van der Waals surface area contributed by atoms with Crippen LogP contribution in [0, 0.1) is 5.41 Å². The highest BCUT2D eigenvalue weighted by atomic mass is 32.2. The first-order valence-corrected chi connectivity index (χ1v) is 12.3. The minimum atomic E-state index is -3.59. The Balaban J connectivity index is 1.62.